The van der Waals surface area contributed by atoms with Gasteiger partial charge in [0.1, 0.15) is 5.75 Å². The van der Waals surface area contributed by atoms with Crippen molar-refractivity contribution in [2.75, 3.05) is 24.3 Å². The molecule has 114 valence electrons. The molecule has 22 heavy (non-hydrogen) atoms. The normalized spacial score (nSPS) is 9.91. The predicted octanol–water partition coefficient (Wildman–Crippen LogP) is 2.95. The zero-order chi connectivity index (χ0) is 15.9. The minimum atomic E-state index is -0.152. The van der Waals surface area contributed by atoms with Crippen LogP contribution in [0.4, 0.5) is 11.4 Å². The fourth-order valence-corrected chi connectivity index (χ4v) is 1.88. The first kappa shape index (κ1) is 15.6. The van der Waals surface area contributed by atoms with Crippen LogP contribution in [0.15, 0.2) is 48.5 Å². The molecule has 0 aliphatic carbocycles. The second kappa shape index (κ2) is 7.26. The first-order valence-corrected chi connectivity index (χ1v) is 6.87. The smallest absolute Gasteiger partial charge is 0.243 e. The van der Waals surface area contributed by atoms with Gasteiger partial charge < -0.3 is 15.4 Å². The third-order valence-electron chi connectivity index (χ3n) is 3.12. The van der Waals surface area contributed by atoms with Crippen LogP contribution in [-0.4, -0.2) is 25.3 Å². The summed E-state index contributed by atoms with van der Waals surface area (Å²) >= 11 is 0. The number of anilines is 2. The highest BCUT2D eigenvalue weighted by Gasteiger charge is 2.03. The average Bonchev–Trinajstić information content (AvgIpc) is 2.54. The number of ether oxygens (including phenoxy) is 1. The number of carbonyl (C=O) groups excluding carboxylic acids is 2. The number of benzene rings is 2. The van der Waals surface area contributed by atoms with Crippen molar-refractivity contribution in [3.05, 3.63) is 54.1 Å². The van der Waals surface area contributed by atoms with E-state index in [0.29, 0.717) is 11.3 Å². The first-order valence-electron chi connectivity index (χ1n) is 6.87. The summed E-state index contributed by atoms with van der Waals surface area (Å²) < 4.78 is 5.06. The van der Waals surface area contributed by atoms with Crippen molar-refractivity contribution in [1.82, 2.24) is 0 Å². The molecule has 2 aromatic rings. The Bertz CT molecular complexity index is 649. The van der Waals surface area contributed by atoms with Crippen molar-refractivity contribution in [3.8, 4) is 5.75 Å². The third kappa shape index (κ3) is 4.34. The van der Waals surface area contributed by atoms with Crippen molar-refractivity contribution >= 4 is 23.1 Å². The predicted molar refractivity (Wildman–Crippen MR) is 86.6 cm³/mol. The van der Waals surface area contributed by atoms with Crippen molar-refractivity contribution in [3.63, 3.8) is 0 Å². The maximum atomic E-state index is 11.9. The Hall–Kier alpha value is -2.82. The van der Waals surface area contributed by atoms with E-state index in [0.717, 1.165) is 11.4 Å². The highest BCUT2D eigenvalue weighted by molar-refractivity contribution is 5.95. The lowest BCUT2D eigenvalue weighted by molar-refractivity contribution is -0.114. The van der Waals surface area contributed by atoms with Crippen molar-refractivity contribution in [2.45, 2.75) is 6.92 Å². The van der Waals surface area contributed by atoms with Crippen molar-refractivity contribution < 1.29 is 14.3 Å². The van der Waals surface area contributed by atoms with Gasteiger partial charge in [0.15, 0.2) is 5.78 Å². The van der Waals surface area contributed by atoms with Gasteiger partial charge in [-0.05, 0) is 55.5 Å². The topological polar surface area (TPSA) is 67.4 Å². The molecule has 2 rings (SSSR count). The Kier molecular flexibility index (Phi) is 5.14. The minimum absolute atomic E-state index is 0.0174. The van der Waals surface area contributed by atoms with Crippen LogP contribution < -0.4 is 15.4 Å². The molecule has 0 aliphatic heterocycles. The molecule has 0 saturated heterocycles. The monoisotopic (exact) mass is 298 g/mol. The zero-order valence-corrected chi connectivity index (χ0v) is 12.6. The molecule has 5 nitrogen and oxygen atoms in total. The van der Waals surface area contributed by atoms with Crippen LogP contribution in [0.25, 0.3) is 0 Å². The molecule has 0 unspecified atom stereocenters. The maximum Gasteiger partial charge on any atom is 0.243 e. The number of methoxy groups -OCH3 is 1. The van der Waals surface area contributed by atoms with Gasteiger partial charge >= 0.3 is 0 Å². The maximum absolute atomic E-state index is 11.9. The zero-order valence-electron chi connectivity index (χ0n) is 12.6. The molecule has 2 N–H and O–H groups in total. The molecule has 0 aromatic heterocycles. The second-order valence-electron chi connectivity index (χ2n) is 4.76. The number of carbonyl (C=O) groups is 2. The lowest BCUT2D eigenvalue weighted by Crippen LogP contribution is -2.21. The lowest BCUT2D eigenvalue weighted by Gasteiger charge is -2.08. The summed E-state index contributed by atoms with van der Waals surface area (Å²) in [6.07, 6.45) is 0. The summed E-state index contributed by atoms with van der Waals surface area (Å²) in [6.45, 7) is 1.66. The Balaban J connectivity index is 1.85. The number of rotatable bonds is 6. The van der Waals surface area contributed by atoms with E-state index < -0.39 is 0 Å². The number of hydrogen-bond donors (Lipinski definition) is 2. The summed E-state index contributed by atoms with van der Waals surface area (Å²) in [5.41, 5.74) is 2.14. The van der Waals surface area contributed by atoms with E-state index in [9.17, 15) is 9.59 Å². The molecule has 2 aromatic carbocycles. The van der Waals surface area contributed by atoms with Crippen LogP contribution in [0, 0.1) is 0 Å². The summed E-state index contributed by atoms with van der Waals surface area (Å²) in [7, 11) is 1.59. The van der Waals surface area contributed by atoms with Gasteiger partial charge in [0.05, 0.1) is 13.7 Å². The lowest BCUT2D eigenvalue weighted by atomic mass is 10.1. The number of hydrogen-bond acceptors (Lipinski definition) is 4. The molecule has 0 radical (unpaired) electrons. The minimum Gasteiger partial charge on any atom is -0.497 e. The largest absolute Gasteiger partial charge is 0.497 e. The molecule has 1 amide bonds. The standard InChI is InChI=1S/C17H18N2O3/c1-12(20)13-3-5-14(6-4-13)18-11-17(21)19-15-7-9-16(22-2)10-8-15/h3-10,18H,11H2,1-2H3,(H,19,21). The van der Waals surface area contributed by atoms with Crippen LogP contribution in [0.2, 0.25) is 0 Å². The third-order valence-corrected chi connectivity index (χ3v) is 3.12. The molecule has 0 saturated carbocycles. The van der Waals surface area contributed by atoms with E-state index in [4.69, 9.17) is 4.74 Å². The van der Waals surface area contributed by atoms with Crippen LogP contribution in [0.3, 0.4) is 0 Å². The summed E-state index contributed by atoms with van der Waals surface area (Å²) in [6, 6.07) is 14.1. The molecule has 5 heteroatoms. The number of amides is 1. The molecule has 0 atom stereocenters. The average molecular weight is 298 g/mol. The first-order chi connectivity index (χ1) is 10.6. The molecule has 0 heterocycles. The number of Topliss-reactive ketones (excluding diaryl/α,β-unsaturated/α-hetero) is 1. The van der Waals surface area contributed by atoms with E-state index in [2.05, 4.69) is 10.6 Å². The highest BCUT2D eigenvalue weighted by Crippen LogP contribution is 2.15. The van der Waals surface area contributed by atoms with Gasteiger partial charge in [-0.25, -0.2) is 0 Å². The van der Waals surface area contributed by atoms with E-state index in [-0.39, 0.29) is 18.2 Å². The van der Waals surface area contributed by atoms with E-state index in [1.54, 1.807) is 55.6 Å². The van der Waals surface area contributed by atoms with Crippen LogP contribution in [0.5, 0.6) is 5.75 Å². The highest BCUT2D eigenvalue weighted by atomic mass is 16.5. The summed E-state index contributed by atoms with van der Waals surface area (Å²) in [4.78, 5) is 23.0. The van der Waals surface area contributed by atoms with Gasteiger partial charge in [0.2, 0.25) is 5.91 Å². The SMILES string of the molecule is COc1ccc(NC(=O)CNc2ccc(C(C)=O)cc2)cc1. The van der Waals surface area contributed by atoms with Gasteiger partial charge in [-0.15, -0.1) is 0 Å². The molecule has 0 spiro atoms. The Morgan fingerprint density at radius 1 is 0.955 bits per heavy atom. The van der Waals surface area contributed by atoms with E-state index in [1.165, 1.54) is 6.92 Å². The summed E-state index contributed by atoms with van der Waals surface area (Å²) in [5, 5.41) is 5.79. The molecular formula is C17H18N2O3. The van der Waals surface area contributed by atoms with Crippen molar-refractivity contribution in [2.24, 2.45) is 0 Å². The quantitative estimate of drug-likeness (QED) is 0.805. The van der Waals surface area contributed by atoms with Gasteiger partial charge in [0.25, 0.3) is 0 Å². The summed E-state index contributed by atoms with van der Waals surface area (Å²) in [5.74, 6) is 0.603. The van der Waals surface area contributed by atoms with Crippen LogP contribution in [-0.2, 0) is 4.79 Å². The van der Waals surface area contributed by atoms with Gasteiger partial charge in [-0.3, -0.25) is 9.59 Å². The van der Waals surface area contributed by atoms with E-state index >= 15 is 0 Å². The Morgan fingerprint density at radius 2 is 1.55 bits per heavy atom. The van der Waals surface area contributed by atoms with Gasteiger partial charge in [-0.1, -0.05) is 0 Å². The number of ketones is 1. The molecule has 0 fully saturated rings. The van der Waals surface area contributed by atoms with Crippen molar-refractivity contribution in [1.29, 1.82) is 0 Å². The Morgan fingerprint density at radius 3 is 2.09 bits per heavy atom. The van der Waals surface area contributed by atoms with Crippen LogP contribution in [0.1, 0.15) is 17.3 Å². The fraction of sp³-hybridized carbons (Fsp3) is 0.176. The van der Waals surface area contributed by atoms with Gasteiger partial charge in [0, 0.05) is 16.9 Å². The van der Waals surface area contributed by atoms with E-state index in [1.807, 2.05) is 0 Å². The van der Waals surface area contributed by atoms with Gasteiger partial charge in [-0.2, -0.15) is 0 Å². The fourth-order valence-electron chi connectivity index (χ4n) is 1.88. The molecule has 0 aliphatic rings. The molecule has 0 bridgehead atoms. The van der Waals surface area contributed by atoms with Crippen LogP contribution >= 0.6 is 0 Å². The molecular weight excluding hydrogens is 280 g/mol. The second-order valence-corrected chi connectivity index (χ2v) is 4.76. The Labute approximate surface area is 129 Å². The number of nitrogens with one attached hydrogen (secondary N) is 2.